The predicted octanol–water partition coefficient (Wildman–Crippen LogP) is 4.47. The van der Waals surface area contributed by atoms with Crippen molar-refractivity contribution in [2.24, 2.45) is 0 Å². The van der Waals surface area contributed by atoms with Crippen molar-refractivity contribution >= 4 is 35.3 Å². The van der Waals surface area contributed by atoms with Crippen LogP contribution in [-0.2, 0) is 31.0 Å². The molecular weight excluding hydrogens is 412 g/mol. The van der Waals surface area contributed by atoms with Gasteiger partial charge in [-0.25, -0.2) is 4.98 Å². The van der Waals surface area contributed by atoms with Crippen LogP contribution in [0.3, 0.4) is 0 Å². The zero-order valence-corrected chi connectivity index (χ0v) is 18.8. The molecular formula is C21H27ClN2O4S. The van der Waals surface area contributed by atoms with Gasteiger partial charge in [-0.1, -0.05) is 48.5 Å². The summed E-state index contributed by atoms with van der Waals surface area (Å²) in [7, 11) is 0. The fourth-order valence-corrected chi connectivity index (χ4v) is 3.89. The zero-order valence-electron chi connectivity index (χ0n) is 17.2. The number of ether oxygens (including phenoxy) is 2. The molecule has 2 aromatic rings. The van der Waals surface area contributed by atoms with E-state index in [1.165, 1.54) is 6.92 Å². The highest BCUT2D eigenvalue weighted by molar-refractivity contribution is 7.99. The number of hydrogen-bond donors (Lipinski definition) is 0. The Morgan fingerprint density at radius 2 is 1.76 bits per heavy atom. The molecule has 1 aromatic carbocycles. The molecule has 6 nitrogen and oxygen atoms in total. The van der Waals surface area contributed by atoms with Gasteiger partial charge in [0.15, 0.2) is 5.16 Å². The van der Waals surface area contributed by atoms with Gasteiger partial charge in [-0.3, -0.25) is 9.59 Å². The number of aromatic nitrogens is 2. The van der Waals surface area contributed by atoms with Gasteiger partial charge < -0.3 is 14.0 Å². The lowest BCUT2D eigenvalue weighted by Crippen LogP contribution is -2.45. The monoisotopic (exact) mass is 438 g/mol. The summed E-state index contributed by atoms with van der Waals surface area (Å²) in [5.41, 5.74) is -0.347. The normalized spacial score (nSPS) is 11.3. The molecule has 0 unspecified atom stereocenters. The first-order valence-electron chi connectivity index (χ1n) is 9.66. The standard InChI is InChI=1S/C21H27ClN2O4S/c1-5-12-29-20-23-13-17(24(20)14-15-10-8-9-11-16(15)22)21(4,18(25)27-6-2)19(26)28-7-3/h8-11,13H,5-7,12,14H2,1-4H3. The van der Waals surface area contributed by atoms with Crippen molar-refractivity contribution in [2.75, 3.05) is 19.0 Å². The van der Waals surface area contributed by atoms with Gasteiger partial charge in [-0.05, 0) is 38.8 Å². The minimum absolute atomic E-state index is 0.157. The average molecular weight is 439 g/mol. The number of thioether (sulfide) groups is 1. The number of rotatable bonds is 10. The van der Waals surface area contributed by atoms with Gasteiger partial charge in [0.2, 0.25) is 5.41 Å². The Bertz CT molecular complexity index is 835. The lowest BCUT2D eigenvalue weighted by atomic mass is 9.86. The summed E-state index contributed by atoms with van der Waals surface area (Å²) in [6, 6.07) is 7.47. The highest BCUT2D eigenvalue weighted by atomic mass is 35.5. The number of hydrogen-bond acceptors (Lipinski definition) is 6. The maximum atomic E-state index is 12.9. The third-order valence-corrected chi connectivity index (χ3v) is 5.99. The fraction of sp³-hybridized carbons (Fsp3) is 0.476. The van der Waals surface area contributed by atoms with E-state index in [0.29, 0.717) is 22.4 Å². The van der Waals surface area contributed by atoms with E-state index in [9.17, 15) is 9.59 Å². The molecule has 158 valence electrons. The Kier molecular flexibility index (Phi) is 8.59. The number of esters is 2. The Morgan fingerprint density at radius 3 is 2.31 bits per heavy atom. The molecule has 0 aliphatic carbocycles. The second-order valence-corrected chi connectivity index (χ2v) is 7.99. The highest BCUT2D eigenvalue weighted by Crippen LogP contribution is 2.33. The quantitative estimate of drug-likeness (QED) is 0.309. The van der Waals surface area contributed by atoms with Crippen LogP contribution >= 0.6 is 23.4 Å². The fourth-order valence-electron chi connectivity index (χ4n) is 2.86. The Hall–Kier alpha value is -1.99. The van der Waals surface area contributed by atoms with Crippen molar-refractivity contribution in [3.05, 3.63) is 46.7 Å². The first kappa shape index (κ1) is 23.3. The summed E-state index contributed by atoms with van der Waals surface area (Å²) < 4.78 is 12.3. The van der Waals surface area contributed by atoms with E-state index in [4.69, 9.17) is 21.1 Å². The van der Waals surface area contributed by atoms with E-state index >= 15 is 0 Å². The van der Waals surface area contributed by atoms with Crippen LogP contribution in [0.25, 0.3) is 0 Å². The topological polar surface area (TPSA) is 70.4 Å². The number of nitrogens with zero attached hydrogens (tertiary/aromatic N) is 2. The van der Waals surface area contributed by atoms with E-state index in [1.807, 2.05) is 28.8 Å². The molecule has 29 heavy (non-hydrogen) atoms. The SMILES string of the molecule is CCCSc1ncc(C(C)(C(=O)OCC)C(=O)OCC)n1Cc1ccccc1Cl. The van der Waals surface area contributed by atoms with Crippen molar-refractivity contribution < 1.29 is 19.1 Å². The van der Waals surface area contributed by atoms with E-state index in [2.05, 4.69) is 11.9 Å². The second-order valence-electron chi connectivity index (χ2n) is 6.52. The third-order valence-electron chi connectivity index (χ3n) is 4.42. The van der Waals surface area contributed by atoms with E-state index < -0.39 is 17.4 Å². The van der Waals surface area contributed by atoms with Gasteiger partial charge in [-0.15, -0.1) is 0 Å². The predicted molar refractivity (Wildman–Crippen MR) is 114 cm³/mol. The molecule has 0 saturated carbocycles. The average Bonchev–Trinajstić information content (AvgIpc) is 3.10. The molecule has 2 rings (SSSR count). The lowest BCUT2D eigenvalue weighted by Gasteiger charge is -2.26. The van der Waals surface area contributed by atoms with E-state index in [-0.39, 0.29) is 13.2 Å². The smallest absolute Gasteiger partial charge is 0.329 e. The van der Waals surface area contributed by atoms with Crippen LogP contribution in [0.4, 0.5) is 0 Å². The lowest BCUT2D eigenvalue weighted by molar-refractivity contribution is -0.164. The molecule has 0 spiro atoms. The maximum absolute atomic E-state index is 12.9. The van der Waals surface area contributed by atoms with Crippen LogP contribution in [-0.4, -0.2) is 40.5 Å². The first-order valence-corrected chi connectivity index (χ1v) is 11.0. The first-order chi connectivity index (χ1) is 13.9. The maximum Gasteiger partial charge on any atom is 0.329 e. The van der Waals surface area contributed by atoms with Crippen molar-refractivity contribution in [1.82, 2.24) is 9.55 Å². The summed E-state index contributed by atoms with van der Waals surface area (Å²) in [4.78, 5) is 30.3. The summed E-state index contributed by atoms with van der Waals surface area (Å²) in [6.07, 6.45) is 2.52. The van der Waals surface area contributed by atoms with Crippen LogP contribution in [0.15, 0.2) is 35.6 Å². The van der Waals surface area contributed by atoms with Gasteiger partial charge in [0.1, 0.15) is 0 Å². The van der Waals surface area contributed by atoms with Gasteiger partial charge in [0.25, 0.3) is 0 Å². The molecule has 1 heterocycles. The number of carbonyl (C=O) groups excluding carboxylic acids is 2. The van der Waals surface area contributed by atoms with Crippen LogP contribution in [0, 0.1) is 0 Å². The van der Waals surface area contributed by atoms with E-state index in [0.717, 1.165) is 17.7 Å². The minimum atomic E-state index is -1.63. The van der Waals surface area contributed by atoms with Gasteiger partial charge in [-0.2, -0.15) is 0 Å². The van der Waals surface area contributed by atoms with Crippen molar-refractivity contribution in [3.63, 3.8) is 0 Å². The molecule has 0 aliphatic heterocycles. The van der Waals surface area contributed by atoms with Crippen LogP contribution < -0.4 is 0 Å². The summed E-state index contributed by atoms with van der Waals surface area (Å²) in [5, 5.41) is 1.31. The minimum Gasteiger partial charge on any atom is -0.465 e. The van der Waals surface area contributed by atoms with Gasteiger partial charge >= 0.3 is 11.9 Å². The Morgan fingerprint density at radius 1 is 1.14 bits per heavy atom. The second kappa shape index (κ2) is 10.7. The summed E-state index contributed by atoms with van der Waals surface area (Å²) in [5.74, 6) is -0.467. The molecule has 0 bridgehead atoms. The third kappa shape index (κ3) is 5.14. The largest absolute Gasteiger partial charge is 0.465 e. The molecule has 0 saturated heterocycles. The molecule has 0 atom stereocenters. The van der Waals surface area contributed by atoms with Crippen LogP contribution in [0.2, 0.25) is 5.02 Å². The molecule has 0 fully saturated rings. The number of halogens is 1. The highest BCUT2D eigenvalue weighted by Gasteiger charge is 2.49. The Balaban J connectivity index is 2.61. The van der Waals surface area contributed by atoms with E-state index in [1.54, 1.807) is 31.8 Å². The van der Waals surface area contributed by atoms with Gasteiger partial charge in [0.05, 0.1) is 31.6 Å². The summed E-state index contributed by atoms with van der Waals surface area (Å²) >= 11 is 7.93. The van der Waals surface area contributed by atoms with Crippen molar-refractivity contribution in [1.29, 1.82) is 0 Å². The molecule has 1 aromatic heterocycles. The zero-order chi connectivity index (χ0) is 21.4. The number of imidazole rings is 1. The molecule has 0 N–H and O–H groups in total. The summed E-state index contributed by atoms with van der Waals surface area (Å²) in [6.45, 7) is 7.69. The van der Waals surface area contributed by atoms with Crippen LogP contribution in [0.5, 0.6) is 0 Å². The van der Waals surface area contributed by atoms with Gasteiger partial charge in [0, 0.05) is 10.8 Å². The van der Waals surface area contributed by atoms with Crippen molar-refractivity contribution in [2.45, 2.75) is 51.2 Å². The number of benzene rings is 1. The Labute approximate surface area is 180 Å². The van der Waals surface area contributed by atoms with Crippen molar-refractivity contribution in [3.8, 4) is 0 Å². The molecule has 8 heteroatoms. The van der Waals surface area contributed by atoms with Crippen LogP contribution in [0.1, 0.15) is 45.4 Å². The molecule has 0 radical (unpaired) electrons. The molecule has 0 amide bonds. The number of carbonyl (C=O) groups is 2. The molecule has 0 aliphatic rings.